The van der Waals surface area contributed by atoms with Gasteiger partial charge < -0.3 is 19.5 Å². The third kappa shape index (κ3) is 3.71. The average Bonchev–Trinajstić information content (AvgIpc) is 2.90. The summed E-state index contributed by atoms with van der Waals surface area (Å²) in [4.78, 5) is 13.3. The molecule has 1 aliphatic heterocycles. The number of carbonyl (C=O) groups is 1. The van der Waals surface area contributed by atoms with Gasteiger partial charge >= 0.3 is 6.09 Å². The highest BCUT2D eigenvalue weighted by Crippen LogP contribution is 2.22. The molecule has 1 fully saturated rings. The maximum Gasteiger partial charge on any atom is 0.410 e. The van der Waals surface area contributed by atoms with Crippen LogP contribution in [0.3, 0.4) is 0 Å². The van der Waals surface area contributed by atoms with Gasteiger partial charge in [-0.25, -0.2) is 4.79 Å². The lowest BCUT2D eigenvalue weighted by molar-refractivity contribution is 0.0442. The van der Waals surface area contributed by atoms with Crippen molar-refractivity contribution in [2.24, 2.45) is 0 Å². The molecule has 1 aromatic carbocycles. The first-order chi connectivity index (χ1) is 9.74. The SMILES string of the molecule is CCOC(=O)N1C[C@H](OCc2ccccc2)C[C@@H]1CO. The molecule has 0 aromatic heterocycles. The molecular weight excluding hydrogens is 258 g/mol. The zero-order chi connectivity index (χ0) is 14.4. The molecule has 0 unspecified atom stereocenters. The Hall–Kier alpha value is -1.59. The molecule has 1 amide bonds. The molecule has 110 valence electrons. The lowest BCUT2D eigenvalue weighted by Crippen LogP contribution is -2.38. The fourth-order valence-corrected chi connectivity index (χ4v) is 2.39. The number of amides is 1. The molecule has 20 heavy (non-hydrogen) atoms. The van der Waals surface area contributed by atoms with E-state index in [4.69, 9.17) is 9.47 Å². The number of likely N-dealkylation sites (tertiary alicyclic amines) is 1. The molecule has 1 heterocycles. The van der Waals surface area contributed by atoms with E-state index in [1.54, 1.807) is 11.8 Å². The minimum absolute atomic E-state index is 0.0586. The standard InChI is InChI=1S/C15H21NO4/c1-2-19-15(18)16-9-14(8-13(16)10-17)20-11-12-6-4-3-5-7-12/h3-7,13-14,17H,2,8-11H2,1H3/t13-,14-/m1/s1. The molecule has 0 radical (unpaired) electrons. The summed E-state index contributed by atoms with van der Waals surface area (Å²) in [6.45, 7) is 3.02. The normalized spacial score (nSPS) is 22.0. The summed E-state index contributed by atoms with van der Waals surface area (Å²) >= 11 is 0. The van der Waals surface area contributed by atoms with E-state index in [9.17, 15) is 9.90 Å². The summed E-state index contributed by atoms with van der Waals surface area (Å²) < 4.78 is 10.8. The number of nitrogens with zero attached hydrogens (tertiary/aromatic N) is 1. The number of hydrogen-bond acceptors (Lipinski definition) is 4. The van der Waals surface area contributed by atoms with E-state index in [0.717, 1.165) is 5.56 Å². The molecule has 5 nitrogen and oxygen atoms in total. The Bertz CT molecular complexity index is 423. The molecule has 1 aliphatic rings. The molecular formula is C15H21NO4. The Labute approximate surface area is 119 Å². The van der Waals surface area contributed by atoms with Gasteiger partial charge in [0.25, 0.3) is 0 Å². The number of aliphatic hydroxyl groups excluding tert-OH is 1. The summed E-state index contributed by atoms with van der Waals surface area (Å²) in [5.74, 6) is 0. The maximum atomic E-state index is 11.8. The van der Waals surface area contributed by atoms with Crippen LogP contribution in [0, 0.1) is 0 Å². The van der Waals surface area contributed by atoms with Gasteiger partial charge in [0, 0.05) is 0 Å². The molecule has 1 saturated heterocycles. The van der Waals surface area contributed by atoms with E-state index in [-0.39, 0.29) is 24.8 Å². The number of rotatable bonds is 5. The van der Waals surface area contributed by atoms with Gasteiger partial charge in [-0.3, -0.25) is 0 Å². The summed E-state index contributed by atoms with van der Waals surface area (Å²) in [6.07, 6.45) is 0.205. The van der Waals surface area contributed by atoms with Crippen LogP contribution in [0.4, 0.5) is 4.79 Å². The maximum absolute atomic E-state index is 11.8. The van der Waals surface area contributed by atoms with Crippen molar-refractivity contribution < 1.29 is 19.4 Å². The largest absolute Gasteiger partial charge is 0.450 e. The van der Waals surface area contributed by atoms with Crippen LogP contribution in [0.2, 0.25) is 0 Å². The molecule has 5 heteroatoms. The molecule has 1 N–H and O–H groups in total. The van der Waals surface area contributed by atoms with E-state index in [1.165, 1.54) is 0 Å². The quantitative estimate of drug-likeness (QED) is 0.893. The van der Waals surface area contributed by atoms with Crippen molar-refractivity contribution in [3.63, 3.8) is 0 Å². The highest BCUT2D eigenvalue weighted by molar-refractivity contribution is 5.68. The average molecular weight is 279 g/mol. The first-order valence-corrected chi connectivity index (χ1v) is 6.94. The second-order valence-electron chi connectivity index (χ2n) is 4.84. The van der Waals surface area contributed by atoms with Crippen molar-refractivity contribution in [3.8, 4) is 0 Å². The summed E-state index contributed by atoms with van der Waals surface area (Å²) in [7, 11) is 0. The number of carbonyl (C=O) groups excluding carboxylic acids is 1. The van der Waals surface area contributed by atoms with Crippen LogP contribution in [0.1, 0.15) is 18.9 Å². The van der Waals surface area contributed by atoms with E-state index >= 15 is 0 Å². The fourth-order valence-electron chi connectivity index (χ4n) is 2.39. The predicted molar refractivity (Wildman–Crippen MR) is 74.2 cm³/mol. The van der Waals surface area contributed by atoms with Gasteiger partial charge in [-0.2, -0.15) is 0 Å². The molecule has 0 spiro atoms. The van der Waals surface area contributed by atoms with Crippen LogP contribution in [0.15, 0.2) is 30.3 Å². The topological polar surface area (TPSA) is 59.0 Å². The van der Waals surface area contributed by atoms with Gasteiger partial charge in [0.2, 0.25) is 0 Å². The Kier molecular flexibility index (Phi) is 5.38. The number of aliphatic hydroxyl groups is 1. The van der Waals surface area contributed by atoms with Crippen molar-refractivity contribution >= 4 is 6.09 Å². The summed E-state index contributed by atoms with van der Waals surface area (Å²) in [5, 5.41) is 9.35. The lowest BCUT2D eigenvalue weighted by Gasteiger charge is -2.21. The van der Waals surface area contributed by atoms with Gasteiger partial charge in [-0.05, 0) is 18.9 Å². The fraction of sp³-hybridized carbons (Fsp3) is 0.533. The Morgan fingerprint density at radius 1 is 1.40 bits per heavy atom. The van der Waals surface area contributed by atoms with Gasteiger partial charge in [0.1, 0.15) is 0 Å². The van der Waals surface area contributed by atoms with Gasteiger partial charge in [-0.15, -0.1) is 0 Å². The van der Waals surface area contributed by atoms with Crippen molar-refractivity contribution in [3.05, 3.63) is 35.9 Å². The lowest BCUT2D eigenvalue weighted by atomic mass is 10.2. The van der Waals surface area contributed by atoms with Crippen LogP contribution in [-0.2, 0) is 16.1 Å². The highest BCUT2D eigenvalue weighted by atomic mass is 16.6. The van der Waals surface area contributed by atoms with E-state index in [1.807, 2.05) is 30.3 Å². The minimum Gasteiger partial charge on any atom is -0.450 e. The second kappa shape index (κ2) is 7.26. The van der Waals surface area contributed by atoms with Crippen molar-refractivity contribution in [2.45, 2.75) is 32.1 Å². The van der Waals surface area contributed by atoms with Crippen LogP contribution >= 0.6 is 0 Å². The van der Waals surface area contributed by atoms with Crippen molar-refractivity contribution in [1.82, 2.24) is 4.90 Å². The van der Waals surface area contributed by atoms with Crippen molar-refractivity contribution in [2.75, 3.05) is 19.8 Å². The van der Waals surface area contributed by atoms with E-state index in [0.29, 0.717) is 26.2 Å². The van der Waals surface area contributed by atoms with Gasteiger partial charge in [-0.1, -0.05) is 30.3 Å². The molecule has 1 aromatic rings. The molecule has 0 aliphatic carbocycles. The zero-order valence-corrected chi connectivity index (χ0v) is 11.7. The van der Waals surface area contributed by atoms with Crippen molar-refractivity contribution in [1.29, 1.82) is 0 Å². The molecule has 0 saturated carbocycles. The number of ether oxygens (including phenoxy) is 2. The first-order valence-electron chi connectivity index (χ1n) is 6.94. The van der Waals surface area contributed by atoms with Crippen LogP contribution in [-0.4, -0.2) is 48.0 Å². The second-order valence-corrected chi connectivity index (χ2v) is 4.84. The van der Waals surface area contributed by atoms with Crippen LogP contribution < -0.4 is 0 Å². The smallest absolute Gasteiger partial charge is 0.410 e. The third-order valence-electron chi connectivity index (χ3n) is 3.42. The number of hydrogen-bond donors (Lipinski definition) is 1. The highest BCUT2D eigenvalue weighted by Gasteiger charge is 2.36. The summed E-state index contributed by atoms with van der Waals surface area (Å²) in [5.41, 5.74) is 1.10. The zero-order valence-electron chi connectivity index (χ0n) is 11.7. The first kappa shape index (κ1) is 14.8. The Morgan fingerprint density at radius 2 is 2.15 bits per heavy atom. The Morgan fingerprint density at radius 3 is 2.80 bits per heavy atom. The predicted octanol–water partition coefficient (Wildman–Crippen LogP) is 1.79. The van der Waals surface area contributed by atoms with Gasteiger partial charge in [0.15, 0.2) is 0 Å². The van der Waals surface area contributed by atoms with E-state index < -0.39 is 0 Å². The van der Waals surface area contributed by atoms with E-state index in [2.05, 4.69) is 0 Å². The monoisotopic (exact) mass is 279 g/mol. The number of benzene rings is 1. The molecule has 2 atom stereocenters. The molecule has 2 rings (SSSR count). The molecule has 0 bridgehead atoms. The summed E-state index contributed by atoms with van der Waals surface area (Å²) in [6, 6.07) is 9.69. The van der Waals surface area contributed by atoms with Crippen LogP contribution in [0.25, 0.3) is 0 Å². The van der Waals surface area contributed by atoms with Gasteiger partial charge in [0.05, 0.1) is 38.5 Å². The third-order valence-corrected chi connectivity index (χ3v) is 3.42. The van der Waals surface area contributed by atoms with Crippen LogP contribution in [0.5, 0.6) is 0 Å². The minimum atomic E-state index is -0.377. The Balaban J connectivity index is 1.87.